The summed E-state index contributed by atoms with van der Waals surface area (Å²) in [5.74, 6) is 0.824. The molecule has 1 aromatic rings. The normalized spacial score (nSPS) is 16.5. The molecule has 1 aromatic heterocycles. The number of likely N-dealkylation sites (tertiary alicyclic amines) is 1. The van der Waals surface area contributed by atoms with Crippen molar-refractivity contribution in [1.82, 2.24) is 9.88 Å². The predicted molar refractivity (Wildman–Crippen MR) is 85.8 cm³/mol. The van der Waals surface area contributed by atoms with Crippen LogP contribution in [0.2, 0.25) is 0 Å². The quantitative estimate of drug-likeness (QED) is 0.869. The third-order valence-corrected chi connectivity index (χ3v) is 4.59. The van der Waals surface area contributed by atoms with Crippen LogP contribution < -0.4 is 11.1 Å². The van der Waals surface area contributed by atoms with E-state index < -0.39 is 0 Å². The molecule has 0 saturated carbocycles. The van der Waals surface area contributed by atoms with Crippen LogP contribution in [0.1, 0.15) is 36.4 Å². The van der Waals surface area contributed by atoms with Gasteiger partial charge in [0.2, 0.25) is 0 Å². The molecule has 0 aromatic carbocycles. The van der Waals surface area contributed by atoms with Gasteiger partial charge < -0.3 is 20.7 Å². The molecule has 0 bridgehead atoms. The topological polar surface area (TPSA) is 80.5 Å². The Morgan fingerprint density at radius 3 is 2.76 bits per heavy atom. The van der Waals surface area contributed by atoms with E-state index in [0.717, 1.165) is 24.5 Å². The van der Waals surface area contributed by atoms with Crippen molar-refractivity contribution in [3.05, 3.63) is 4.88 Å². The summed E-state index contributed by atoms with van der Waals surface area (Å²) in [6.07, 6.45) is 2.01. The standard InChI is InChI=1S/C14H24N4O2S/c1-9(2)8-16-14-17-12(15)11(21-14)13(19)18-6-4-10(20-3)5-7-18/h9-10H,4-8,15H2,1-3H3,(H,16,17). The fraction of sp³-hybridized carbons (Fsp3) is 0.714. The number of methoxy groups -OCH3 is 1. The molecule has 1 fully saturated rings. The Morgan fingerprint density at radius 1 is 1.52 bits per heavy atom. The maximum absolute atomic E-state index is 12.5. The molecule has 1 amide bonds. The van der Waals surface area contributed by atoms with Gasteiger partial charge in [0, 0.05) is 26.7 Å². The van der Waals surface area contributed by atoms with Gasteiger partial charge in [0.05, 0.1) is 6.10 Å². The number of amides is 1. The van der Waals surface area contributed by atoms with Crippen LogP contribution in [-0.4, -0.2) is 48.6 Å². The molecule has 7 heteroatoms. The summed E-state index contributed by atoms with van der Waals surface area (Å²) in [5.41, 5.74) is 5.90. The molecule has 1 aliphatic heterocycles. The Kier molecular flexibility index (Phi) is 5.41. The summed E-state index contributed by atoms with van der Waals surface area (Å²) >= 11 is 1.34. The van der Waals surface area contributed by atoms with Crippen molar-refractivity contribution < 1.29 is 9.53 Å². The Labute approximate surface area is 129 Å². The molecule has 6 nitrogen and oxygen atoms in total. The van der Waals surface area contributed by atoms with Crippen molar-refractivity contribution in [3.8, 4) is 0 Å². The summed E-state index contributed by atoms with van der Waals surface area (Å²) in [6, 6.07) is 0. The second kappa shape index (κ2) is 7.09. The van der Waals surface area contributed by atoms with Crippen molar-refractivity contribution in [2.75, 3.05) is 37.8 Å². The van der Waals surface area contributed by atoms with Crippen molar-refractivity contribution in [2.45, 2.75) is 32.8 Å². The number of nitrogen functional groups attached to an aromatic ring is 1. The highest BCUT2D eigenvalue weighted by molar-refractivity contribution is 7.18. The van der Waals surface area contributed by atoms with Crippen LogP contribution in [0.25, 0.3) is 0 Å². The van der Waals surface area contributed by atoms with Gasteiger partial charge in [0.25, 0.3) is 5.91 Å². The minimum Gasteiger partial charge on any atom is -0.382 e. The number of thiazole rings is 1. The minimum absolute atomic E-state index is 0.0165. The zero-order valence-electron chi connectivity index (χ0n) is 12.9. The van der Waals surface area contributed by atoms with Crippen LogP contribution >= 0.6 is 11.3 Å². The van der Waals surface area contributed by atoms with E-state index in [1.54, 1.807) is 7.11 Å². The molecule has 2 rings (SSSR count). The van der Waals surface area contributed by atoms with E-state index in [9.17, 15) is 4.79 Å². The van der Waals surface area contributed by atoms with Gasteiger partial charge in [0.1, 0.15) is 10.7 Å². The number of nitrogens with zero attached hydrogens (tertiary/aromatic N) is 2. The van der Waals surface area contributed by atoms with Gasteiger partial charge in [-0.15, -0.1) is 0 Å². The van der Waals surface area contributed by atoms with E-state index in [1.807, 2.05) is 4.90 Å². The largest absolute Gasteiger partial charge is 0.382 e. The number of rotatable bonds is 5. The van der Waals surface area contributed by atoms with Crippen LogP contribution in [-0.2, 0) is 4.74 Å². The van der Waals surface area contributed by atoms with Gasteiger partial charge in [-0.1, -0.05) is 25.2 Å². The summed E-state index contributed by atoms with van der Waals surface area (Å²) in [4.78, 5) is 19.1. The van der Waals surface area contributed by atoms with E-state index in [2.05, 4.69) is 24.1 Å². The summed E-state index contributed by atoms with van der Waals surface area (Å²) in [6.45, 7) is 6.48. The highest BCUT2D eigenvalue weighted by atomic mass is 32.1. The molecule has 0 radical (unpaired) electrons. The maximum Gasteiger partial charge on any atom is 0.267 e. The number of piperidine rings is 1. The Hall–Kier alpha value is -1.34. The highest BCUT2D eigenvalue weighted by Crippen LogP contribution is 2.27. The smallest absolute Gasteiger partial charge is 0.267 e. The van der Waals surface area contributed by atoms with Gasteiger partial charge in [-0.3, -0.25) is 4.79 Å². The molecule has 1 saturated heterocycles. The van der Waals surface area contributed by atoms with Gasteiger partial charge in [-0.05, 0) is 18.8 Å². The fourth-order valence-electron chi connectivity index (χ4n) is 2.29. The van der Waals surface area contributed by atoms with Gasteiger partial charge in [-0.2, -0.15) is 0 Å². The first-order valence-electron chi connectivity index (χ1n) is 7.33. The van der Waals surface area contributed by atoms with Crippen LogP contribution in [0.15, 0.2) is 0 Å². The number of aromatic nitrogens is 1. The first-order valence-corrected chi connectivity index (χ1v) is 8.15. The number of carbonyl (C=O) groups is 1. The average molecular weight is 312 g/mol. The zero-order valence-corrected chi connectivity index (χ0v) is 13.7. The number of hydrogen-bond acceptors (Lipinski definition) is 6. The monoisotopic (exact) mass is 312 g/mol. The lowest BCUT2D eigenvalue weighted by molar-refractivity contribution is 0.0354. The Morgan fingerprint density at radius 2 is 2.19 bits per heavy atom. The van der Waals surface area contributed by atoms with E-state index in [1.165, 1.54) is 11.3 Å². The number of carbonyl (C=O) groups excluding carboxylic acids is 1. The second-order valence-corrected chi connectivity index (χ2v) is 6.73. The Bertz CT molecular complexity index is 481. The third-order valence-electron chi connectivity index (χ3n) is 3.57. The molecular formula is C14H24N4O2S. The third kappa shape index (κ3) is 4.07. The molecule has 0 unspecified atom stereocenters. The highest BCUT2D eigenvalue weighted by Gasteiger charge is 2.26. The van der Waals surface area contributed by atoms with Gasteiger partial charge >= 0.3 is 0 Å². The Balaban J connectivity index is 1.99. The fourth-order valence-corrected chi connectivity index (χ4v) is 3.15. The van der Waals surface area contributed by atoms with E-state index in [0.29, 0.717) is 29.7 Å². The van der Waals surface area contributed by atoms with Crippen molar-refractivity contribution in [2.24, 2.45) is 5.92 Å². The summed E-state index contributed by atoms with van der Waals surface area (Å²) in [7, 11) is 1.72. The number of hydrogen-bond donors (Lipinski definition) is 2. The van der Waals surface area contributed by atoms with E-state index in [-0.39, 0.29) is 12.0 Å². The van der Waals surface area contributed by atoms with Gasteiger partial charge in [-0.25, -0.2) is 4.98 Å². The number of nitrogens with two attached hydrogens (primary N) is 1. The number of anilines is 2. The van der Waals surface area contributed by atoms with Crippen molar-refractivity contribution >= 4 is 28.2 Å². The maximum atomic E-state index is 12.5. The SMILES string of the molecule is COC1CCN(C(=O)c2sc(NCC(C)C)nc2N)CC1. The lowest BCUT2D eigenvalue weighted by atomic mass is 10.1. The molecule has 3 N–H and O–H groups in total. The molecule has 21 heavy (non-hydrogen) atoms. The molecule has 1 aliphatic rings. The van der Waals surface area contributed by atoms with Crippen LogP contribution in [0.5, 0.6) is 0 Å². The van der Waals surface area contributed by atoms with Crippen LogP contribution in [0.3, 0.4) is 0 Å². The molecule has 2 heterocycles. The lowest BCUT2D eigenvalue weighted by Crippen LogP contribution is -2.40. The first-order chi connectivity index (χ1) is 10.0. The second-order valence-electron chi connectivity index (χ2n) is 5.74. The predicted octanol–water partition coefficient (Wildman–Crippen LogP) is 2.04. The molecule has 0 atom stereocenters. The minimum atomic E-state index is -0.0165. The number of nitrogens with one attached hydrogen (secondary N) is 1. The van der Waals surface area contributed by atoms with Crippen LogP contribution in [0.4, 0.5) is 10.9 Å². The zero-order chi connectivity index (χ0) is 15.4. The summed E-state index contributed by atoms with van der Waals surface area (Å²) in [5, 5.41) is 3.93. The van der Waals surface area contributed by atoms with E-state index in [4.69, 9.17) is 10.5 Å². The number of ether oxygens (including phenoxy) is 1. The average Bonchev–Trinajstić information content (AvgIpc) is 2.85. The lowest BCUT2D eigenvalue weighted by Gasteiger charge is -2.30. The molecule has 118 valence electrons. The summed E-state index contributed by atoms with van der Waals surface area (Å²) < 4.78 is 5.32. The van der Waals surface area contributed by atoms with E-state index >= 15 is 0 Å². The van der Waals surface area contributed by atoms with Crippen molar-refractivity contribution in [3.63, 3.8) is 0 Å². The first kappa shape index (κ1) is 16.0. The molecular weight excluding hydrogens is 288 g/mol. The van der Waals surface area contributed by atoms with Gasteiger partial charge in [0.15, 0.2) is 5.13 Å². The van der Waals surface area contributed by atoms with Crippen LogP contribution in [0, 0.1) is 5.92 Å². The molecule has 0 spiro atoms. The molecule has 0 aliphatic carbocycles. The van der Waals surface area contributed by atoms with Crippen molar-refractivity contribution in [1.29, 1.82) is 0 Å².